The minimum absolute atomic E-state index is 0.157. The molecule has 0 amide bonds. The molecule has 174 valence electrons. The van der Waals surface area contributed by atoms with E-state index in [-0.39, 0.29) is 27.6 Å². The molecule has 1 heterocycles. The van der Waals surface area contributed by atoms with Gasteiger partial charge in [0, 0.05) is 24.0 Å². The maximum Gasteiger partial charge on any atom is 0.321 e. The number of nitrogens with zero attached hydrogens (tertiary/aromatic N) is 4. The number of rotatable bonds is 8. The van der Waals surface area contributed by atoms with Gasteiger partial charge in [0.05, 0.1) is 0 Å². The van der Waals surface area contributed by atoms with Gasteiger partial charge in [0.1, 0.15) is 10.1 Å². The summed E-state index contributed by atoms with van der Waals surface area (Å²) in [4.78, 5) is 25.4. The predicted octanol–water partition coefficient (Wildman–Crippen LogP) is 3.20. The molecular weight excluding hydrogens is 488 g/mol. The van der Waals surface area contributed by atoms with Crippen molar-refractivity contribution in [1.29, 1.82) is 0 Å². The number of nitrogen functional groups attached to an aromatic ring is 1. The molecule has 0 saturated carbocycles. The van der Waals surface area contributed by atoms with Crippen molar-refractivity contribution in [2.75, 3.05) is 29.5 Å². The summed E-state index contributed by atoms with van der Waals surface area (Å²) in [5.41, 5.74) is 6.68. The highest BCUT2D eigenvalue weighted by Gasteiger charge is 2.28. The van der Waals surface area contributed by atoms with Crippen LogP contribution in [-0.4, -0.2) is 48.5 Å². The average molecular weight is 509 g/mol. The first kappa shape index (κ1) is 24.6. The fourth-order valence-electron chi connectivity index (χ4n) is 2.76. The number of aliphatic carboxylic acids is 1. The summed E-state index contributed by atoms with van der Waals surface area (Å²) in [5.74, 6) is -1.40. The van der Waals surface area contributed by atoms with E-state index in [0.29, 0.717) is 16.1 Å². The largest absolute Gasteiger partial charge is 0.480 e. The Balaban J connectivity index is 2.06. The molecule has 2 aromatic carbocycles. The molecule has 1 aromatic heterocycles. The Kier molecular flexibility index (Phi) is 7.30. The van der Waals surface area contributed by atoms with Crippen molar-refractivity contribution in [3.05, 3.63) is 58.6 Å². The van der Waals surface area contributed by atoms with E-state index in [1.54, 1.807) is 56.3 Å². The average Bonchev–Trinajstić information content (AvgIpc) is 2.73. The van der Waals surface area contributed by atoms with Crippen LogP contribution < -0.4 is 15.4 Å². The standard InChI is InChI=1S/C20H21ClN6O4S2/c1-11-9-15(33(30,31)26-19-23-18(22)24-20(25-19)27(2)3)14(10-13(11)21)32-16(17(28)29)12-7-5-4-6-8-12/h4-10,16H,1-3H3,(H,28,29)(H3,22,23,24,25,26)/t16-/m0/s1. The molecule has 3 aromatic rings. The number of aryl methyl sites for hydroxylation is 1. The molecule has 13 heteroatoms. The Morgan fingerprint density at radius 1 is 1.18 bits per heavy atom. The number of anilines is 3. The van der Waals surface area contributed by atoms with Crippen LogP contribution in [0.25, 0.3) is 0 Å². The Labute approximate surface area is 200 Å². The number of nitrogens with two attached hydrogens (primary N) is 1. The molecule has 4 N–H and O–H groups in total. The Morgan fingerprint density at radius 2 is 1.85 bits per heavy atom. The summed E-state index contributed by atoms with van der Waals surface area (Å²) >= 11 is 7.11. The first-order chi connectivity index (χ1) is 15.5. The molecule has 0 radical (unpaired) electrons. The van der Waals surface area contributed by atoms with Gasteiger partial charge < -0.3 is 15.7 Å². The van der Waals surface area contributed by atoms with Crippen LogP contribution in [0.3, 0.4) is 0 Å². The van der Waals surface area contributed by atoms with Crippen molar-refractivity contribution in [2.45, 2.75) is 22.0 Å². The summed E-state index contributed by atoms with van der Waals surface area (Å²) in [6, 6.07) is 11.3. The van der Waals surface area contributed by atoms with Gasteiger partial charge in [-0.3, -0.25) is 4.79 Å². The third-order valence-corrected chi connectivity index (χ3v) is 7.56. The highest BCUT2D eigenvalue weighted by molar-refractivity contribution is 8.01. The van der Waals surface area contributed by atoms with Crippen LogP contribution >= 0.6 is 23.4 Å². The molecule has 33 heavy (non-hydrogen) atoms. The zero-order valence-corrected chi connectivity index (χ0v) is 20.2. The van der Waals surface area contributed by atoms with Crippen LogP contribution in [0.4, 0.5) is 17.8 Å². The number of carbonyl (C=O) groups is 1. The Hall–Kier alpha value is -3.09. The van der Waals surface area contributed by atoms with Crippen molar-refractivity contribution in [3.63, 3.8) is 0 Å². The molecule has 10 nitrogen and oxygen atoms in total. The van der Waals surface area contributed by atoms with Gasteiger partial charge in [-0.1, -0.05) is 41.9 Å². The maximum atomic E-state index is 13.3. The molecule has 0 bridgehead atoms. The minimum Gasteiger partial charge on any atom is -0.480 e. The summed E-state index contributed by atoms with van der Waals surface area (Å²) in [6.45, 7) is 1.65. The van der Waals surface area contributed by atoms with Gasteiger partial charge in [-0.2, -0.15) is 15.0 Å². The minimum atomic E-state index is -4.25. The van der Waals surface area contributed by atoms with Gasteiger partial charge in [-0.15, -0.1) is 11.8 Å². The third kappa shape index (κ3) is 5.83. The number of hydrogen-bond donors (Lipinski definition) is 3. The second kappa shape index (κ2) is 9.81. The lowest BCUT2D eigenvalue weighted by Crippen LogP contribution is -2.20. The van der Waals surface area contributed by atoms with E-state index in [1.165, 1.54) is 12.1 Å². The van der Waals surface area contributed by atoms with Crippen LogP contribution in [0.2, 0.25) is 5.02 Å². The van der Waals surface area contributed by atoms with Crippen molar-refractivity contribution in [1.82, 2.24) is 15.0 Å². The zero-order chi connectivity index (χ0) is 24.3. The summed E-state index contributed by atoms with van der Waals surface area (Å²) in [5, 5.41) is 9.03. The number of halogens is 1. The first-order valence-electron chi connectivity index (χ1n) is 9.44. The highest BCUT2D eigenvalue weighted by atomic mass is 35.5. The number of thioether (sulfide) groups is 1. The van der Waals surface area contributed by atoms with Gasteiger partial charge in [0.2, 0.25) is 17.8 Å². The zero-order valence-electron chi connectivity index (χ0n) is 17.9. The smallest absolute Gasteiger partial charge is 0.321 e. The van der Waals surface area contributed by atoms with Gasteiger partial charge in [0.15, 0.2) is 0 Å². The molecule has 0 fully saturated rings. The molecule has 0 saturated heterocycles. The molecule has 0 spiro atoms. The van der Waals surface area contributed by atoms with E-state index in [4.69, 9.17) is 17.3 Å². The van der Waals surface area contributed by atoms with Crippen molar-refractivity contribution < 1.29 is 18.3 Å². The van der Waals surface area contributed by atoms with Crippen LogP contribution in [0.5, 0.6) is 0 Å². The Bertz CT molecular complexity index is 1290. The summed E-state index contributed by atoms with van der Waals surface area (Å²) in [6.07, 6.45) is 0. The van der Waals surface area contributed by atoms with Gasteiger partial charge in [-0.05, 0) is 30.2 Å². The molecular formula is C20H21ClN6O4S2. The number of nitrogens with one attached hydrogen (secondary N) is 1. The lowest BCUT2D eigenvalue weighted by Gasteiger charge is -2.17. The van der Waals surface area contributed by atoms with Gasteiger partial charge >= 0.3 is 5.97 Å². The summed E-state index contributed by atoms with van der Waals surface area (Å²) < 4.78 is 28.9. The van der Waals surface area contributed by atoms with E-state index in [0.717, 1.165) is 11.8 Å². The number of carboxylic acids is 1. The SMILES string of the molecule is Cc1cc(S(=O)(=O)Nc2nc(N)nc(N(C)C)n2)c(S[C@H](C(=O)O)c2ccccc2)cc1Cl. The maximum absolute atomic E-state index is 13.3. The van der Waals surface area contributed by atoms with Crippen molar-refractivity contribution in [2.24, 2.45) is 0 Å². The predicted molar refractivity (Wildman–Crippen MR) is 128 cm³/mol. The second-order valence-corrected chi connectivity index (χ2v) is 10.3. The van der Waals surface area contributed by atoms with Crippen molar-refractivity contribution >= 4 is 57.2 Å². The van der Waals surface area contributed by atoms with E-state index in [9.17, 15) is 18.3 Å². The summed E-state index contributed by atoms with van der Waals surface area (Å²) in [7, 11) is -0.912. The number of hydrogen-bond acceptors (Lipinski definition) is 9. The fraction of sp³-hybridized carbons (Fsp3) is 0.200. The third-order valence-electron chi connectivity index (χ3n) is 4.35. The normalized spacial score (nSPS) is 12.2. The second-order valence-electron chi connectivity index (χ2n) is 7.11. The molecule has 0 aliphatic rings. The Morgan fingerprint density at radius 3 is 2.45 bits per heavy atom. The lowest BCUT2D eigenvalue weighted by atomic mass is 10.1. The van der Waals surface area contributed by atoms with Crippen LogP contribution in [0.1, 0.15) is 16.4 Å². The molecule has 1 atom stereocenters. The number of sulfonamides is 1. The van der Waals surface area contributed by atoms with Gasteiger partial charge in [-0.25, -0.2) is 13.1 Å². The molecule has 0 aliphatic heterocycles. The van der Waals surface area contributed by atoms with Gasteiger partial charge in [0.25, 0.3) is 10.0 Å². The highest BCUT2D eigenvalue weighted by Crippen LogP contribution is 2.41. The number of benzene rings is 2. The topological polar surface area (TPSA) is 151 Å². The quantitative estimate of drug-likeness (QED) is 0.387. The fourth-order valence-corrected chi connectivity index (χ4v) is 5.56. The van der Waals surface area contributed by atoms with Crippen LogP contribution in [-0.2, 0) is 14.8 Å². The first-order valence-corrected chi connectivity index (χ1v) is 12.2. The van der Waals surface area contributed by atoms with Crippen LogP contribution in [0, 0.1) is 6.92 Å². The van der Waals surface area contributed by atoms with E-state index >= 15 is 0 Å². The number of carboxylic acid groups (broad SMARTS) is 1. The van der Waals surface area contributed by atoms with E-state index in [1.807, 2.05) is 0 Å². The van der Waals surface area contributed by atoms with Crippen molar-refractivity contribution in [3.8, 4) is 0 Å². The monoisotopic (exact) mass is 508 g/mol. The van der Waals surface area contributed by atoms with E-state index < -0.39 is 21.2 Å². The molecule has 0 aliphatic carbocycles. The molecule has 3 rings (SSSR count). The molecule has 0 unspecified atom stereocenters. The lowest BCUT2D eigenvalue weighted by molar-refractivity contribution is -0.136. The van der Waals surface area contributed by atoms with Crippen LogP contribution in [0.15, 0.2) is 52.3 Å². The van der Waals surface area contributed by atoms with E-state index in [2.05, 4.69) is 19.7 Å². The number of aromatic nitrogens is 3.